The second-order valence-electron chi connectivity index (χ2n) is 4.83. The topological polar surface area (TPSA) is 55.4 Å². The largest absolute Gasteiger partial charge is 0.381 e. The van der Waals surface area contributed by atoms with Gasteiger partial charge in [-0.3, -0.25) is 0 Å². The summed E-state index contributed by atoms with van der Waals surface area (Å²) in [6, 6.07) is 5.16. The summed E-state index contributed by atoms with van der Waals surface area (Å²) in [7, 11) is -3.46. The lowest BCUT2D eigenvalue weighted by molar-refractivity contribution is 0.143. The molecule has 0 unspecified atom stereocenters. The average molecular weight is 348 g/mol. The van der Waals surface area contributed by atoms with Crippen LogP contribution in [0, 0.1) is 6.92 Å². The Balaban J connectivity index is 2.17. The Morgan fingerprint density at radius 2 is 2.05 bits per heavy atom. The third-order valence-corrected chi connectivity index (χ3v) is 5.06. The Bertz CT molecular complexity index is 517. The summed E-state index contributed by atoms with van der Waals surface area (Å²) >= 11 is 3.33. The third kappa shape index (κ3) is 4.27. The van der Waals surface area contributed by atoms with E-state index in [2.05, 4.69) is 20.7 Å². The highest BCUT2D eigenvalue weighted by Gasteiger charge is 2.21. The van der Waals surface area contributed by atoms with E-state index >= 15 is 0 Å². The molecule has 6 heteroatoms. The molecule has 2 rings (SSSR count). The SMILES string of the molecule is Cc1cc(Br)cc(S(=O)(=O)N[C@H]2CCCOCC2)c1. The van der Waals surface area contributed by atoms with Gasteiger partial charge in [-0.15, -0.1) is 0 Å². The third-order valence-electron chi connectivity index (χ3n) is 3.10. The molecule has 1 atom stereocenters. The molecule has 0 bridgehead atoms. The van der Waals surface area contributed by atoms with Crippen LogP contribution in [0.4, 0.5) is 0 Å². The van der Waals surface area contributed by atoms with Gasteiger partial charge in [0.2, 0.25) is 10.0 Å². The molecule has 1 saturated heterocycles. The highest BCUT2D eigenvalue weighted by Crippen LogP contribution is 2.20. The lowest BCUT2D eigenvalue weighted by Gasteiger charge is -2.16. The molecule has 0 spiro atoms. The van der Waals surface area contributed by atoms with Crippen LogP contribution in [0.1, 0.15) is 24.8 Å². The molecule has 0 aromatic heterocycles. The van der Waals surface area contributed by atoms with Crippen LogP contribution < -0.4 is 4.72 Å². The minimum atomic E-state index is -3.46. The van der Waals surface area contributed by atoms with Crippen LogP contribution in [0.3, 0.4) is 0 Å². The van der Waals surface area contributed by atoms with E-state index in [0.29, 0.717) is 18.1 Å². The molecule has 1 aliphatic heterocycles. The number of nitrogens with one attached hydrogen (secondary N) is 1. The van der Waals surface area contributed by atoms with Crippen LogP contribution in [0.25, 0.3) is 0 Å². The monoisotopic (exact) mass is 347 g/mol. The van der Waals surface area contributed by atoms with E-state index in [9.17, 15) is 8.42 Å². The van der Waals surface area contributed by atoms with E-state index < -0.39 is 10.0 Å². The van der Waals surface area contributed by atoms with Gasteiger partial charge in [0, 0.05) is 23.7 Å². The summed E-state index contributed by atoms with van der Waals surface area (Å²) in [5.41, 5.74) is 0.916. The van der Waals surface area contributed by atoms with Crippen molar-refractivity contribution in [1.29, 1.82) is 0 Å². The first kappa shape index (κ1) is 15.0. The summed E-state index contributed by atoms with van der Waals surface area (Å²) < 4.78 is 33.6. The summed E-state index contributed by atoms with van der Waals surface area (Å²) in [4.78, 5) is 0.310. The quantitative estimate of drug-likeness (QED) is 0.914. The predicted octanol–water partition coefficient (Wildman–Crippen LogP) is 2.60. The Morgan fingerprint density at radius 1 is 1.26 bits per heavy atom. The van der Waals surface area contributed by atoms with Gasteiger partial charge in [-0.25, -0.2) is 13.1 Å². The Labute approximate surface area is 122 Å². The predicted molar refractivity (Wildman–Crippen MR) is 77.7 cm³/mol. The second-order valence-corrected chi connectivity index (χ2v) is 7.46. The summed E-state index contributed by atoms with van der Waals surface area (Å²) in [6.07, 6.45) is 2.45. The van der Waals surface area contributed by atoms with E-state index in [1.165, 1.54) is 0 Å². The number of benzene rings is 1. The van der Waals surface area contributed by atoms with Crippen molar-refractivity contribution in [2.75, 3.05) is 13.2 Å². The molecule has 1 N–H and O–H groups in total. The van der Waals surface area contributed by atoms with Crippen LogP contribution in [-0.4, -0.2) is 27.7 Å². The number of hydrogen-bond donors (Lipinski definition) is 1. The minimum absolute atomic E-state index is 0.0354. The van der Waals surface area contributed by atoms with Gasteiger partial charge in [0.25, 0.3) is 0 Å². The maximum atomic E-state index is 12.3. The van der Waals surface area contributed by atoms with Gasteiger partial charge in [0.1, 0.15) is 0 Å². The number of rotatable bonds is 3. The van der Waals surface area contributed by atoms with Gasteiger partial charge in [-0.1, -0.05) is 15.9 Å². The average Bonchev–Trinajstić information content (AvgIpc) is 2.55. The maximum absolute atomic E-state index is 12.3. The summed E-state index contributed by atoms with van der Waals surface area (Å²) in [5.74, 6) is 0. The molecular weight excluding hydrogens is 330 g/mol. The molecule has 1 fully saturated rings. The molecule has 0 radical (unpaired) electrons. The fraction of sp³-hybridized carbons (Fsp3) is 0.538. The molecule has 106 valence electrons. The fourth-order valence-electron chi connectivity index (χ4n) is 2.17. The Morgan fingerprint density at radius 3 is 2.79 bits per heavy atom. The van der Waals surface area contributed by atoms with Crippen molar-refractivity contribution in [3.05, 3.63) is 28.2 Å². The van der Waals surface area contributed by atoms with Crippen LogP contribution in [0.15, 0.2) is 27.6 Å². The normalized spacial score (nSPS) is 21.1. The lowest BCUT2D eigenvalue weighted by atomic mass is 10.1. The highest BCUT2D eigenvalue weighted by atomic mass is 79.9. The summed E-state index contributed by atoms with van der Waals surface area (Å²) in [5, 5.41) is 0. The zero-order chi connectivity index (χ0) is 13.9. The van der Waals surface area contributed by atoms with Crippen molar-refractivity contribution < 1.29 is 13.2 Å². The molecule has 1 aromatic carbocycles. The van der Waals surface area contributed by atoms with E-state index in [-0.39, 0.29) is 6.04 Å². The van der Waals surface area contributed by atoms with Gasteiger partial charge in [-0.05, 0) is 49.9 Å². The van der Waals surface area contributed by atoms with Gasteiger partial charge in [-0.2, -0.15) is 0 Å². The lowest BCUT2D eigenvalue weighted by Crippen LogP contribution is -2.35. The molecular formula is C13H18BrNO3S. The van der Waals surface area contributed by atoms with E-state index in [1.54, 1.807) is 12.1 Å². The van der Waals surface area contributed by atoms with Crippen LogP contribution in [0.5, 0.6) is 0 Å². The molecule has 1 aliphatic rings. The van der Waals surface area contributed by atoms with E-state index in [4.69, 9.17) is 4.74 Å². The standard InChI is InChI=1S/C13H18BrNO3S/c1-10-7-11(14)9-13(8-10)19(16,17)15-12-3-2-5-18-6-4-12/h7-9,12,15H,2-6H2,1H3/t12-/m0/s1. The number of ether oxygens (including phenoxy) is 1. The molecule has 1 heterocycles. The zero-order valence-corrected chi connectivity index (χ0v) is 13.3. The molecule has 0 saturated carbocycles. The van der Waals surface area contributed by atoms with Gasteiger partial charge in [0.15, 0.2) is 0 Å². The molecule has 0 amide bonds. The van der Waals surface area contributed by atoms with Crippen molar-refractivity contribution in [2.45, 2.75) is 37.1 Å². The van der Waals surface area contributed by atoms with Gasteiger partial charge in [0.05, 0.1) is 4.90 Å². The number of aryl methyl sites for hydroxylation is 1. The van der Waals surface area contributed by atoms with Gasteiger partial charge >= 0.3 is 0 Å². The number of hydrogen-bond acceptors (Lipinski definition) is 3. The first-order chi connectivity index (χ1) is 8.97. The van der Waals surface area contributed by atoms with Crippen LogP contribution in [0.2, 0.25) is 0 Å². The first-order valence-electron chi connectivity index (χ1n) is 6.35. The Kier molecular flexibility index (Phi) is 5.00. The second kappa shape index (κ2) is 6.35. The maximum Gasteiger partial charge on any atom is 0.240 e. The molecule has 19 heavy (non-hydrogen) atoms. The van der Waals surface area contributed by atoms with E-state index in [0.717, 1.165) is 29.3 Å². The smallest absolute Gasteiger partial charge is 0.240 e. The minimum Gasteiger partial charge on any atom is -0.381 e. The van der Waals surface area contributed by atoms with Crippen LogP contribution >= 0.6 is 15.9 Å². The van der Waals surface area contributed by atoms with Crippen molar-refractivity contribution in [3.8, 4) is 0 Å². The molecule has 4 nitrogen and oxygen atoms in total. The van der Waals surface area contributed by atoms with Gasteiger partial charge < -0.3 is 4.74 Å². The zero-order valence-electron chi connectivity index (χ0n) is 10.9. The van der Waals surface area contributed by atoms with Crippen molar-refractivity contribution in [3.63, 3.8) is 0 Å². The van der Waals surface area contributed by atoms with Crippen molar-refractivity contribution in [2.24, 2.45) is 0 Å². The molecule has 1 aromatic rings. The summed E-state index contributed by atoms with van der Waals surface area (Å²) in [6.45, 7) is 3.21. The van der Waals surface area contributed by atoms with Crippen molar-refractivity contribution >= 4 is 26.0 Å². The number of sulfonamides is 1. The Hall–Kier alpha value is -0.430. The van der Waals surface area contributed by atoms with E-state index in [1.807, 2.05) is 13.0 Å². The highest BCUT2D eigenvalue weighted by molar-refractivity contribution is 9.10. The fourth-order valence-corrected chi connectivity index (χ4v) is 4.36. The van der Waals surface area contributed by atoms with Crippen molar-refractivity contribution in [1.82, 2.24) is 4.72 Å². The number of halogens is 1. The molecule has 0 aliphatic carbocycles. The van der Waals surface area contributed by atoms with Crippen LogP contribution in [-0.2, 0) is 14.8 Å². The first-order valence-corrected chi connectivity index (χ1v) is 8.62.